The standard InChI is InChI=1S/C9H17NO3/c1-6(11)3-4-8(9(10)13)5-7(2)12/h4,6-7,11-12H,3,5H2,1-2H3,(H2,10,13). The van der Waals surface area contributed by atoms with Crippen LogP contribution in [0.3, 0.4) is 0 Å². The summed E-state index contributed by atoms with van der Waals surface area (Å²) in [6.45, 7) is 3.21. The Balaban J connectivity index is 4.24. The molecule has 0 heterocycles. The highest BCUT2D eigenvalue weighted by Gasteiger charge is 2.08. The Labute approximate surface area is 78.1 Å². The molecule has 2 unspecified atom stereocenters. The van der Waals surface area contributed by atoms with Crippen molar-refractivity contribution in [1.82, 2.24) is 0 Å². The SMILES string of the molecule is CC(O)CC=C(CC(C)O)C(N)=O. The smallest absolute Gasteiger partial charge is 0.244 e. The second kappa shape index (κ2) is 5.72. The predicted molar refractivity (Wildman–Crippen MR) is 49.9 cm³/mol. The fourth-order valence-electron chi connectivity index (χ4n) is 0.916. The normalized spacial score (nSPS) is 16.8. The van der Waals surface area contributed by atoms with Crippen LogP contribution in [-0.2, 0) is 4.79 Å². The highest BCUT2D eigenvalue weighted by atomic mass is 16.3. The van der Waals surface area contributed by atoms with E-state index in [2.05, 4.69) is 0 Å². The third-order valence-corrected chi connectivity index (χ3v) is 1.54. The lowest BCUT2D eigenvalue weighted by Crippen LogP contribution is -2.18. The van der Waals surface area contributed by atoms with Gasteiger partial charge >= 0.3 is 0 Å². The molecule has 13 heavy (non-hydrogen) atoms. The van der Waals surface area contributed by atoms with E-state index in [1.54, 1.807) is 19.9 Å². The van der Waals surface area contributed by atoms with Crippen molar-refractivity contribution in [3.8, 4) is 0 Å². The first-order valence-electron chi connectivity index (χ1n) is 4.28. The number of carbonyl (C=O) groups is 1. The van der Waals surface area contributed by atoms with Crippen LogP contribution in [-0.4, -0.2) is 28.3 Å². The van der Waals surface area contributed by atoms with E-state index < -0.39 is 18.1 Å². The lowest BCUT2D eigenvalue weighted by Gasteiger charge is -2.06. The number of carbonyl (C=O) groups excluding carboxylic acids is 1. The Morgan fingerprint density at radius 2 is 1.92 bits per heavy atom. The zero-order valence-corrected chi connectivity index (χ0v) is 8.03. The van der Waals surface area contributed by atoms with Gasteiger partial charge in [0.15, 0.2) is 0 Å². The summed E-state index contributed by atoms with van der Waals surface area (Å²) in [5.41, 5.74) is 5.44. The highest BCUT2D eigenvalue weighted by Crippen LogP contribution is 2.07. The third-order valence-electron chi connectivity index (χ3n) is 1.54. The van der Waals surface area contributed by atoms with Gasteiger partial charge in [-0.15, -0.1) is 0 Å². The molecule has 76 valence electrons. The number of nitrogens with two attached hydrogens (primary N) is 1. The summed E-state index contributed by atoms with van der Waals surface area (Å²) in [5, 5.41) is 18.0. The molecule has 0 fully saturated rings. The van der Waals surface area contributed by atoms with Crippen molar-refractivity contribution in [2.75, 3.05) is 0 Å². The Morgan fingerprint density at radius 3 is 2.23 bits per heavy atom. The molecule has 0 aliphatic rings. The van der Waals surface area contributed by atoms with E-state index in [0.717, 1.165) is 0 Å². The van der Waals surface area contributed by atoms with Crippen molar-refractivity contribution < 1.29 is 15.0 Å². The molecule has 0 radical (unpaired) electrons. The van der Waals surface area contributed by atoms with E-state index in [4.69, 9.17) is 15.9 Å². The van der Waals surface area contributed by atoms with Gasteiger partial charge in [-0.05, 0) is 20.3 Å². The second-order valence-corrected chi connectivity index (χ2v) is 3.23. The average Bonchev–Trinajstić information content (AvgIpc) is 1.96. The summed E-state index contributed by atoms with van der Waals surface area (Å²) in [6, 6.07) is 0. The summed E-state index contributed by atoms with van der Waals surface area (Å²) in [6.07, 6.45) is 1.10. The van der Waals surface area contributed by atoms with Crippen LogP contribution in [0, 0.1) is 0 Å². The van der Waals surface area contributed by atoms with Crippen molar-refractivity contribution in [2.24, 2.45) is 5.73 Å². The van der Waals surface area contributed by atoms with Gasteiger partial charge < -0.3 is 15.9 Å². The first-order valence-corrected chi connectivity index (χ1v) is 4.28. The van der Waals surface area contributed by atoms with E-state index in [-0.39, 0.29) is 6.42 Å². The molecule has 0 aromatic carbocycles. The van der Waals surface area contributed by atoms with E-state index in [9.17, 15) is 4.79 Å². The molecule has 0 saturated heterocycles. The lowest BCUT2D eigenvalue weighted by molar-refractivity contribution is -0.114. The van der Waals surface area contributed by atoms with E-state index in [1.807, 2.05) is 0 Å². The molecule has 1 amide bonds. The zero-order chi connectivity index (χ0) is 10.4. The largest absolute Gasteiger partial charge is 0.393 e. The molecule has 2 atom stereocenters. The molecule has 0 aliphatic carbocycles. The van der Waals surface area contributed by atoms with Crippen LogP contribution in [0.1, 0.15) is 26.7 Å². The van der Waals surface area contributed by atoms with Crippen molar-refractivity contribution in [1.29, 1.82) is 0 Å². The minimum atomic E-state index is -0.590. The molecule has 4 N–H and O–H groups in total. The lowest BCUT2D eigenvalue weighted by atomic mass is 10.1. The summed E-state index contributed by atoms with van der Waals surface area (Å²) in [5.74, 6) is -0.540. The summed E-state index contributed by atoms with van der Waals surface area (Å²) in [4.78, 5) is 10.8. The Kier molecular flexibility index (Phi) is 5.34. The maximum Gasteiger partial charge on any atom is 0.244 e. The van der Waals surface area contributed by atoms with E-state index in [0.29, 0.717) is 12.0 Å². The van der Waals surface area contributed by atoms with Crippen LogP contribution in [0.2, 0.25) is 0 Å². The second-order valence-electron chi connectivity index (χ2n) is 3.23. The fourth-order valence-corrected chi connectivity index (χ4v) is 0.916. The molecular weight excluding hydrogens is 170 g/mol. The summed E-state index contributed by atoms with van der Waals surface area (Å²) >= 11 is 0. The van der Waals surface area contributed by atoms with Crippen LogP contribution in [0.25, 0.3) is 0 Å². The first kappa shape index (κ1) is 12.1. The minimum Gasteiger partial charge on any atom is -0.393 e. The number of aliphatic hydroxyl groups excluding tert-OH is 2. The average molecular weight is 187 g/mol. The Morgan fingerprint density at radius 1 is 1.38 bits per heavy atom. The first-order chi connectivity index (χ1) is 5.93. The van der Waals surface area contributed by atoms with Crippen LogP contribution < -0.4 is 5.73 Å². The van der Waals surface area contributed by atoms with Gasteiger partial charge in [0, 0.05) is 12.0 Å². The molecule has 0 aliphatic heterocycles. The van der Waals surface area contributed by atoms with E-state index in [1.165, 1.54) is 0 Å². The summed E-state index contributed by atoms with van der Waals surface area (Å²) < 4.78 is 0. The molecular formula is C9H17NO3. The quantitative estimate of drug-likeness (QED) is 0.527. The molecule has 0 bridgehead atoms. The number of amides is 1. The number of rotatable bonds is 5. The molecule has 0 saturated carbocycles. The van der Waals surface area contributed by atoms with Crippen molar-refractivity contribution >= 4 is 5.91 Å². The Hall–Kier alpha value is -0.870. The number of hydrogen-bond acceptors (Lipinski definition) is 3. The van der Waals surface area contributed by atoms with Gasteiger partial charge in [0.05, 0.1) is 12.2 Å². The zero-order valence-electron chi connectivity index (χ0n) is 8.03. The van der Waals surface area contributed by atoms with E-state index >= 15 is 0 Å². The van der Waals surface area contributed by atoms with Gasteiger partial charge in [-0.2, -0.15) is 0 Å². The van der Waals surface area contributed by atoms with Gasteiger partial charge in [-0.3, -0.25) is 4.79 Å². The molecule has 0 aromatic heterocycles. The third kappa shape index (κ3) is 6.31. The van der Waals surface area contributed by atoms with Crippen molar-refractivity contribution in [2.45, 2.75) is 38.9 Å². The number of primary amides is 1. The Bertz CT molecular complexity index is 197. The van der Waals surface area contributed by atoms with Gasteiger partial charge in [-0.25, -0.2) is 0 Å². The molecule has 0 aromatic rings. The maximum absolute atomic E-state index is 10.8. The monoisotopic (exact) mass is 187 g/mol. The van der Waals surface area contributed by atoms with Crippen molar-refractivity contribution in [3.05, 3.63) is 11.6 Å². The van der Waals surface area contributed by atoms with Gasteiger partial charge in [0.1, 0.15) is 0 Å². The van der Waals surface area contributed by atoms with Crippen LogP contribution >= 0.6 is 0 Å². The molecule has 0 rings (SSSR count). The minimum absolute atomic E-state index is 0.238. The summed E-state index contributed by atoms with van der Waals surface area (Å²) in [7, 11) is 0. The predicted octanol–water partition coefficient (Wildman–Crippen LogP) is -0.0601. The number of hydrogen-bond donors (Lipinski definition) is 3. The number of aliphatic hydroxyl groups is 2. The topological polar surface area (TPSA) is 83.6 Å². The van der Waals surface area contributed by atoms with Crippen LogP contribution in [0.4, 0.5) is 0 Å². The highest BCUT2D eigenvalue weighted by molar-refractivity contribution is 5.91. The molecule has 4 heteroatoms. The maximum atomic E-state index is 10.8. The van der Waals surface area contributed by atoms with Gasteiger partial charge in [0.25, 0.3) is 0 Å². The van der Waals surface area contributed by atoms with Gasteiger partial charge in [-0.1, -0.05) is 6.08 Å². The van der Waals surface area contributed by atoms with Crippen LogP contribution in [0.15, 0.2) is 11.6 Å². The molecule has 0 spiro atoms. The van der Waals surface area contributed by atoms with Gasteiger partial charge in [0.2, 0.25) is 5.91 Å². The van der Waals surface area contributed by atoms with Crippen LogP contribution in [0.5, 0.6) is 0 Å². The fraction of sp³-hybridized carbons (Fsp3) is 0.667. The molecule has 4 nitrogen and oxygen atoms in total. The van der Waals surface area contributed by atoms with Crippen molar-refractivity contribution in [3.63, 3.8) is 0 Å².